The molecule has 0 bridgehead atoms. The van der Waals surface area contributed by atoms with Gasteiger partial charge >= 0.3 is 5.97 Å². The SMILES string of the molecule is CN(C)CCOc1ccc(O)c(C(=O)Nc2cc(-c3ccccc3)ccc2C(=O)O)c1. The first kappa shape index (κ1) is 21.9. The van der Waals surface area contributed by atoms with Crippen molar-refractivity contribution in [2.75, 3.05) is 32.6 Å². The van der Waals surface area contributed by atoms with E-state index in [4.69, 9.17) is 4.74 Å². The van der Waals surface area contributed by atoms with E-state index in [9.17, 15) is 19.8 Å². The molecule has 0 aliphatic rings. The predicted octanol–water partition coefficient (Wildman–Crippen LogP) is 3.95. The summed E-state index contributed by atoms with van der Waals surface area (Å²) in [4.78, 5) is 26.5. The fourth-order valence-corrected chi connectivity index (χ4v) is 2.97. The van der Waals surface area contributed by atoms with Crippen molar-refractivity contribution in [2.24, 2.45) is 0 Å². The lowest BCUT2D eigenvalue weighted by Crippen LogP contribution is -2.19. The summed E-state index contributed by atoms with van der Waals surface area (Å²) in [5.74, 6) is -1.60. The summed E-state index contributed by atoms with van der Waals surface area (Å²) in [5.41, 5.74) is 1.71. The fraction of sp³-hybridized carbons (Fsp3) is 0.167. The van der Waals surface area contributed by atoms with Crippen LogP contribution in [-0.4, -0.2) is 54.2 Å². The molecule has 3 aromatic rings. The highest BCUT2D eigenvalue weighted by Crippen LogP contribution is 2.28. The maximum atomic E-state index is 12.9. The van der Waals surface area contributed by atoms with Crippen molar-refractivity contribution < 1.29 is 24.5 Å². The van der Waals surface area contributed by atoms with Gasteiger partial charge < -0.3 is 25.2 Å². The maximum absolute atomic E-state index is 12.9. The van der Waals surface area contributed by atoms with E-state index in [1.807, 2.05) is 49.3 Å². The topological polar surface area (TPSA) is 99.1 Å². The summed E-state index contributed by atoms with van der Waals surface area (Å²) < 4.78 is 5.62. The average molecular weight is 420 g/mol. The molecular weight excluding hydrogens is 396 g/mol. The molecule has 0 aliphatic carbocycles. The van der Waals surface area contributed by atoms with Crippen LogP contribution in [0.4, 0.5) is 5.69 Å². The van der Waals surface area contributed by atoms with E-state index < -0.39 is 11.9 Å². The summed E-state index contributed by atoms with van der Waals surface area (Å²) in [6, 6.07) is 18.5. The fourth-order valence-electron chi connectivity index (χ4n) is 2.97. The van der Waals surface area contributed by atoms with Crippen molar-refractivity contribution in [3.63, 3.8) is 0 Å². The molecule has 7 heteroatoms. The van der Waals surface area contributed by atoms with E-state index >= 15 is 0 Å². The second-order valence-electron chi connectivity index (χ2n) is 7.22. The molecule has 3 N–H and O–H groups in total. The van der Waals surface area contributed by atoms with Gasteiger partial charge in [-0.25, -0.2) is 4.79 Å². The number of phenolic OH excluding ortho intramolecular Hbond substituents is 1. The van der Waals surface area contributed by atoms with E-state index in [0.717, 1.165) is 11.1 Å². The number of anilines is 1. The Morgan fingerprint density at radius 2 is 1.68 bits per heavy atom. The van der Waals surface area contributed by atoms with E-state index in [1.165, 1.54) is 18.2 Å². The highest BCUT2D eigenvalue weighted by atomic mass is 16.5. The molecule has 7 nitrogen and oxygen atoms in total. The van der Waals surface area contributed by atoms with Gasteiger partial charge in [-0.1, -0.05) is 36.4 Å². The summed E-state index contributed by atoms with van der Waals surface area (Å²) in [5, 5.41) is 22.3. The van der Waals surface area contributed by atoms with Gasteiger partial charge in [0.15, 0.2) is 0 Å². The minimum absolute atomic E-state index is 0.0104. The number of carboxylic acids is 1. The Kier molecular flexibility index (Phi) is 6.89. The molecule has 3 aromatic carbocycles. The van der Waals surface area contributed by atoms with Gasteiger partial charge in [0.25, 0.3) is 5.91 Å². The number of nitrogens with zero attached hydrogens (tertiary/aromatic N) is 1. The number of benzene rings is 3. The first-order chi connectivity index (χ1) is 14.8. The average Bonchev–Trinajstić information content (AvgIpc) is 2.75. The molecule has 0 heterocycles. The minimum atomic E-state index is -1.17. The molecule has 3 rings (SSSR count). The summed E-state index contributed by atoms with van der Waals surface area (Å²) >= 11 is 0. The number of aromatic carboxylic acids is 1. The van der Waals surface area contributed by atoms with Gasteiger partial charge in [-0.2, -0.15) is 0 Å². The molecule has 0 spiro atoms. The maximum Gasteiger partial charge on any atom is 0.337 e. The second-order valence-corrected chi connectivity index (χ2v) is 7.22. The molecule has 0 saturated carbocycles. The lowest BCUT2D eigenvalue weighted by atomic mass is 10.0. The molecule has 0 aromatic heterocycles. The second kappa shape index (κ2) is 9.77. The molecule has 1 amide bonds. The van der Waals surface area contributed by atoms with Crippen molar-refractivity contribution in [3.8, 4) is 22.6 Å². The van der Waals surface area contributed by atoms with Crippen LogP contribution in [0.2, 0.25) is 0 Å². The molecule has 0 unspecified atom stereocenters. The number of amides is 1. The molecule has 0 radical (unpaired) electrons. The summed E-state index contributed by atoms with van der Waals surface area (Å²) in [6.07, 6.45) is 0. The van der Waals surface area contributed by atoms with Gasteiger partial charge in [0.1, 0.15) is 18.1 Å². The van der Waals surface area contributed by atoms with Crippen LogP contribution in [0.5, 0.6) is 11.5 Å². The van der Waals surface area contributed by atoms with Gasteiger partial charge in [-0.3, -0.25) is 4.79 Å². The van der Waals surface area contributed by atoms with Gasteiger partial charge in [0.05, 0.1) is 16.8 Å². The van der Waals surface area contributed by atoms with E-state index in [1.54, 1.807) is 18.2 Å². The van der Waals surface area contributed by atoms with Crippen LogP contribution in [0.15, 0.2) is 66.7 Å². The Balaban J connectivity index is 1.87. The van der Waals surface area contributed by atoms with E-state index in [2.05, 4.69) is 5.32 Å². The third-order valence-corrected chi connectivity index (χ3v) is 4.63. The monoisotopic (exact) mass is 420 g/mol. The Morgan fingerprint density at radius 3 is 2.35 bits per heavy atom. The largest absolute Gasteiger partial charge is 0.507 e. The third-order valence-electron chi connectivity index (χ3n) is 4.63. The Hall–Kier alpha value is -3.84. The number of aromatic hydroxyl groups is 1. The number of hydrogen-bond acceptors (Lipinski definition) is 5. The van der Waals surface area contributed by atoms with Crippen molar-refractivity contribution in [1.29, 1.82) is 0 Å². The van der Waals surface area contributed by atoms with E-state index in [-0.39, 0.29) is 22.6 Å². The molecule has 0 aliphatic heterocycles. The Morgan fingerprint density at radius 1 is 0.935 bits per heavy atom. The summed E-state index contributed by atoms with van der Waals surface area (Å²) in [6.45, 7) is 1.11. The van der Waals surface area contributed by atoms with Crippen molar-refractivity contribution in [2.45, 2.75) is 0 Å². The molecular formula is C24H24N2O5. The van der Waals surface area contributed by atoms with Crippen LogP contribution in [0.25, 0.3) is 11.1 Å². The zero-order valence-electron chi connectivity index (χ0n) is 17.3. The van der Waals surface area contributed by atoms with Crippen LogP contribution in [0.1, 0.15) is 20.7 Å². The number of hydrogen-bond donors (Lipinski definition) is 3. The molecule has 0 saturated heterocycles. The first-order valence-corrected chi connectivity index (χ1v) is 9.70. The number of ether oxygens (including phenoxy) is 1. The number of phenols is 1. The highest BCUT2D eigenvalue weighted by molar-refractivity contribution is 6.09. The van der Waals surface area contributed by atoms with Gasteiger partial charge in [0, 0.05) is 6.54 Å². The molecule has 0 fully saturated rings. The number of likely N-dealkylation sites (N-methyl/N-ethyl adjacent to an activating group) is 1. The number of rotatable bonds is 8. The van der Waals surface area contributed by atoms with Crippen LogP contribution in [-0.2, 0) is 0 Å². The molecule has 0 atom stereocenters. The smallest absolute Gasteiger partial charge is 0.337 e. The summed E-state index contributed by atoms with van der Waals surface area (Å²) in [7, 11) is 3.84. The quantitative estimate of drug-likeness (QED) is 0.510. The van der Waals surface area contributed by atoms with Crippen LogP contribution >= 0.6 is 0 Å². The van der Waals surface area contributed by atoms with Crippen molar-refractivity contribution in [3.05, 3.63) is 77.9 Å². The molecule has 160 valence electrons. The lowest BCUT2D eigenvalue weighted by Gasteiger charge is -2.14. The number of carbonyl (C=O) groups is 2. The van der Waals surface area contributed by atoms with E-state index in [0.29, 0.717) is 18.9 Å². The lowest BCUT2D eigenvalue weighted by molar-refractivity contribution is 0.0698. The van der Waals surface area contributed by atoms with Crippen molar-refractivity contribution >= 4 is 17.6 Å². The molecule has 31 heavy (non-hydrogen) atoms. The van der Waals surface area contributed by atoms with Crippen molar-refractivity contribution in [1.82, 2.24) is 4.90 Å². The zero-order chi connectivity index (χ0) is 22.4. The van der Waals surface area contributed by atoms with Gasteiger partial charge in [-0.15, -0.1) is 0 Å². The van der Waals surface area contributed by atoms with Crippen LogP contribution < -0.4 is 10.1 Å². The normalized spacial score (nSPS) is 10.7. The van der Waals surface area contributed by atoms with Crippen LogP contribution in [0.3, 0.4) is 0 Å². The number of nitrogens with one attached hydrogen (secondary N) is 1. The van der Waals surface area contributed by atoms with Gasteiger partial charge in [-0.05, 0) is 55.6 Å². The first-order valence-electron chi connectivity index (χ1n) is 9.70. The zero-order valence-corrected chi connectivity index (χ0v) is 17.3. The Labute approximate surface area is 180 Å². The number of carboxylic acid groups (broad SMARTS) is 1. The standard InChI is InChI=1S/C24H24N2O5/c1-26(2)12-13-31-18-9-11-22(27)20(15-18)23(28)25-21-14-17(8-10-19(21)24(29)30)16-6-4-3-5-7-16/h3-11,14-15,27H,12-13H2,1-2H3,(H,25,28)(H,29,30). The predicted molar refractivity (Wildman–Crippen MR) is 119 cm³/mol. The Bertz CT molecular complexity index is 1080. The number of carbonyl (C=O) groups excluding carboxylic acids is 1. The van der Waals surface area contributed by atoms with Crippen LogP contribution in [0, 0.1) is 0 Å². The van der Waals surface area contributed by atoms with Gasteiger partial charge in [0.2, 0.25) is 0 Å². The minimum Gasteiger partial charge on any atom is -0.507 e. The third kappa shape index (κ3) is 5.61. The highest BCUT2D eigenvalue weighted by Gasteiger charge is 2.18.